The highest BCUT2D eigenvalue weighted by molar-refractivity contribution is 7.31. The van der Waals surface area contributed by atoms with Gasteiger partial charge in [-0.05, 0) is 53.3 Å². The maximum atomic E-state index is 4.69. The molecule has 0 radical (unpaired) electrons. The largest absolute Gasteiger partial charge is 0.388 e. The van der Waals surface area contributed by atoms with Gasteiger partial charge in [0.05, 0.1) is 11.7 Å². The fraction of sp³-hybridized carbons (Fsp3) is 0.172. The summed E-state index contributed by atoms with van der Waals surface area (Å²) in [5, 5.41) is 3.18. The van der Waals surface area contributed by atoms with Crippen LogP contribution in [0, 0.1) is 5.92 Å². The van der Waals surface area contributed by atoms with Gasteiger partial charge in [0, 0.05) is 43.0 Å². The second kappa shape index (κ2) is 9.19. The molecule has 3 aromatic heterocycles. The van der Waals surface area contributed by atoms with Crippen LogP contribution in [0.2, 0.25) is 0 Å². The van der Waals surface area contributed by atoms with E-state index in [0.29, 0.717) is 5.92 Å². The molecule has 3 aromatic carbocycles. The van der Waals surface area contributed by atoms with Crippen molar-refractivity contribution in [3.05, 3.63) is 78.4 Å². The van der Waals surface area contributed by atoms with Crippen LogP contribution in [-0.2, 0) is 6.42 Å². The number of hydrogen-bond donors (Lipinski definition) is 1. The van der Waals surface area contributed by atoms with Crippen molar-refractivity contribution in [3.8, 4) is 32.0 Å². The fourth-order valence-corrected chi connectivity index (χ4v) is 7.50. The molecular formula is C29H25N3S3. The highest BCUT2D eigenvalue weighted by atomic mass is 32.1. The first-order chi connectivity index (χ1) is 17.1. The summed E-state index contributed by atoms with van der Waals surface area (Å²) in [6.07, 6.45) is 1.13. The summed E-state index contributed by atoms with van der Waals surface area (Å²) in [6, 6.07) is 26.6. The van der Waals surface area contributed by atoms with E-state index in [4.69, 9.17) is 4.37 Å². The summed E-state index contributed by atoms with van der Waals surface area (Å²) in [7, 11) is 1.94. The normalized spacial score (nSPS) is 11.7. The van der Waals surface area contributed by atoms with Crippen molar-refractivity contribution < 1.29 is 0 Å². The minimum atomic E-state index is 0.679. The van der Waals surface area contributed by atoms with Crippen molar-refractivity contribution in [3.63, 3.8) is 0 Å². The molecule has 0 amide bonds. The van der Waals surface area contributed by atoms with Gasteiger partial charge in [0.25, 0.3) is 0 Å². The van der Waals surface area contributed by atoms with Gasteiger partial charge in [0.1, 0.15) is 11.0 Å². The second-order valence-electron chi connectivity index (χ2n) is 9.19. The van der Waals surface area contributed by atoms with Gasteiger partial charge in [0.15, 0.2) is 0 Å². The van der Waals surface area contributed by atoms with Gasteiger partial charge in [-0.1, -0.05) is 62.4 Å². The average molecular weight is 512 g/mol. The summed E-state index contributed by atoms with van der Waals surface area (Å²) in [4.78, 5) is 2.58. The quantitative estimate of drug-likeness (QED) is 0.242. The van der Waals surface area contributed by atoms with Gasteiger partial charge in [-0.15, -0.1) is 22.7 Å². The van der Waals surface area contributed by atoms with Crippen molar-refractivity contribution in [2.45, 2.75) is 20.3 Å². The third-order valence-corrected chi connectivity index (χ3v) is 9.16. The van der Waals surface area contributed by atoms with Crippen LogP contribution in [0.15, 0.2) is 72.8 Å². The van der Waals surface area contributed by atoms with Gasteiger partial charge in [-0.2, -0.15) is 8.75 Å². The van der Waals surface area contributed by atoms with Gasteiger partial charge in [-0.25, -0.2) is 0 Å². The molecule has 6 aromatic rings. The first kappa shape index (κ1) is 22.4. The second-order valence-corrected chi connectivity index (χ2v) is 11.9. The van der Waals surface area contributed by atoms with Crippen LogP contribution in [0.3, 0.4) is 0 Å². The SMILES string of the molecule is CNc1ccc(-c2ccc(-c3cc4sc(-c5ccc(CC(C)C)cc5)cc4s3)c3nsnc23)cc1. The molecule has 174 valence electrons. The molecule has 6 heteroatoms. The molecule has 35 heavy (non-hydrogen) atoms. The van der Waals surface area contributed by atoms with E-state index >= 15 is 0 Å². The molecule has 0 atom stereocenters. The summed E-state index contributed by atoms with van der Waals surface area (Å²) < 4.78 is 12.0. The molecule has 3 heterocycles. The maximum Gasteiger partial charge on any atom is 0.114 e. The zero-order chi connectivity index (χ0) is 23.9. The van der Waals surface area contributed by atoms with Crippen LogP contribution in [0.4, 0.5) is 5.69 Å². The predicted octanol–water partition coefficient (Wildman–Crippen LogP) is 9.21. The molecule has 0 fully saturated rings. The zero-order valence-corrected chi connectivity index (χ0v) is 22.3. The number of aromatic nitrogens is 2. The molecule has 0 aliphatic carbocycles. The van der Waals surface area contributed by atoms with E-state index in [2.05, 4.69) is 96.3 Å². The molecule has 0 saturated heterocycles. The van der Waals surface area contributed by atoms with E-state index in [1.165, 1.54) is 42.0 Å². The number of benzene rings is 3. The Morgan fingerprint density at radius 1 is 0.714 bits per heavy atom. The number of nitrogens with one attached hydrogen (secondary N) is 1. The maximum absolute atomic E-state index is 4.69. The number of fused-ring (bicyclic) bond motifs is 2. The highest BCUT2D eigenvalue weighted by Crippen LogP contribution is 2.44. The number of hydrogen-bond acceptors (Lipinski definition) is 6. The van der Waals surface area contributed by atoms with Crippen molar-refractivity contribution in [2.24, 2.45) is 5.92 Å². The Morgan fingerprint density at radius 3 is 2.00 bits per heavy atom. The van der Waals surface area contributed by atoms with E-state index in [1.807, 2.05) is 29.7 Å². The lowest BCUT2D eigenvalue weighted by Crippen LogP contribution is -1.93. The van der Waals surface area contributed by atoms with Crippen LogP contribution in [0.5, 0.6) is 0 Å². The Kier molecular flexibility index (Phi) is 5.88. The van der Waals surface area contributed by atoms with Crippen LogP contribution >= 0.6 is 34.4 Å². The Hall–Kier alpha value is -3.06. The third kappa shape index (κ3) is 4.27. The van der Waals surface area contributed by atoms with Crippen molar-refractivity contribution in [2.75, 3.05) is 12.4 Å². The van der Waals surface area contributed by atoms with Crippen LogP contribution in [0.25, 0.3) is 52.4 Å². The molecule has 0 unspecified atom stereocenters. The minimum absolute atomic E-state index is 0.679. The molecule has 0 bridgehead atoms. The van der Waals surface area contributed by atoms with Crippen molar-refractivity contribution in [1.82, 2.24) is 8.75 Å². The molecule has 1 N–H and O–H groups in total. The van der Waals surface area contributed by atoms with Gasteiger partial charge >= 0.3 is 0 Å². The summed E-state index contributed by atoms with van der Waals surface area (Å²) >= 11 is 5.00. The van der Waals surface area contributed by atoms with Crippen molar-refractivity contribution >= 4 is 60.5 Å². The van der Waals surface area contributed by atoms with E-state index in [9.17, 15) is 0 Å². The Bertz CT molecular complexity index is 1590. The van der Waals surface area contributed by atoms with E-state index in [0.717, 1.165) is 39.8 Å². The third-order valence-electron chi connectivity index (χ3n) is 6.25. The number of nitrogens with zero attached hydrogens (tertiary/aromatic N) is 2. The van der Waals surface area contributed by atoms with E-state index in [1.54, 1.807) is 0 Å². The minimum Gasteiger partial charge on any atom is -0.388 e. The molecule has 0 saturated carbocycles. The van der Waals surface area contributed by atoms with Crippen molar-refractivity contribution in [1.29, 1.82) is 0 Å². The Labute approximate surface area is 217 Å². The van der Waals surface area contributed by atoms with E-state index in [-0.39, 0.29) is 0 Å². The first-order valence-electron chi connectivity index (χ1n) is 11.8. The highest BCUT2D eigenvalue weighted by Gasteiger charge is 2.16. The summed E-state index contributed by atoms with van der Waals surface area (Å²) in [6.45, 7) is 4.53. The van der Waals surface area contributed by atoms with Crippen LogP contribution < -0.4 is 5.32 Å². The predicted molar refractivity (Wildman–Crippen MR) is 155 cm³/mol. The van der Waals surface area contributed by atoms with Gasteiger partial charge < -0.3 is 5.32 Å². The standard InChI is InChI=1S/C29H25N3S3/c1-17(2)14-18-4-6-20(7-5-18)24-15-26-27(33-24)16-25(34-26)23-13-12-22(28-29(23)32-35-31-28)19-8-10-21(30-3)11-9-19/h4-13,15-17,30H,14H2,1-3H3. The number of rotatable bonds is 6. The Morgan fingerprint density at radius 2 is 1.31 bits per heavy atom. The van der Waals surface area contributed by atoms with Crippen LogP contribution in [-0.4, -0.2) is 15.8 Å². The van der Waals surface area contributed by atoms with E-state index < -0.39 is 0 Å². The molecule has 6 rings (SSSR count). The lowest BCUT2D eigenvalue weighted by Gasteiger charge is -2.07. The average Bonchev–Trinajstić information content (AvgIpc) is 3.59. The lowest BCUT2D eigenvalue weighted by atomic mass is 10.0. The Balaban J connectivity index is 1.33. The number of thiophene rings is 2. The molecule has 0 spiro atoms. The first-order valence-corrected chi connectivity index (χ1v) is 14.1. The smallest absolute Gasteiger partial charge is 0.114 e. The zero-order valence-electron chi connectivity index (χ0n) is 19.8. The van der Waals surface area contributed by atoms with Crippen LogP contribution in [0.1, 0.15) is 19.4 Å². The summed E-state index contributed by atoms with van der Waals surface area (Å²) in [5.41, 5.74) is 9.22. The fourth-order valence-electron chi connectivity index (χ4n) is 4.50. The molecule has 3 nitrogen and oxygen atoms in total. The monoisotopic (exact) mass is 511 g/mol. The topological polar surface area (TPSA) is 37.8 Å². The molecule has 0 aliphatic rings. The number of anilines is 1. The summed E-state index contributed by atoms with van der Waals surface area (Å²) in [5.74, 6) is 0.679. The molecule has 0 aliphatic heterocycles. The molecular weight excluding hydrogens is 487 g/mol. The lowest BCUT2D eigenvalue weighted by molar-refractivity contribution is 0.647. The van der Waals surface area contributed by atoms with Gasteiger partial charge in [-0.3, -0.25) is 0 Å². The van der Waals surface area contributed by atoms with Gasteiger partial charge in [0.2, 0.25) is 0 Å².